The molecule has 0 fully saturated rings. The molecule has 2 amide bonds. The molecule has 114 valence electrons. The molecule has 0 bridgehead atoms. The molecule has 3 aromatic rings. The summed E-state index contributed by atoms with van der Waals surface area (Å²) in [5.74, 6) is -1.33. The highest BCUT2D eigenvalue weighted by Gasteiger charge is 2.20. The van der Waals surface area contributed by atoms with E-state index >= 15 is 0 Å². The van der Waals surface area contributed by atoms with Gasteiger partial charge in [0.2, 0.25) is 0 Å². The molecule has 2 aromatic carbocycles. The van der Waals surface area contributed by atoms with Crippen molar-refractivity contribution >= 4 is 34.1 Å². The standard InChI is InChI=1S/C18H15N3O2/c1-21(14-9-3-2-4-10-14)18(23)17(22)20-15-11-5-7-13-8-6-12-19-16(13)15/h2-12H,1H3,(H,20,22). The first-order valence-corrected chi connectivity index (χ1v) is 7.14. The maximum absolute atomic E-state index is 12.3. The number of hydrogen-bond acceptors (Lipinski definition) is 3. The van der Waals surface area contributed by atoms with Crippen LogP contribution < -0.4 is 10.2 Å². The Morgan fingerprint density at radius 2 is 1.70 bits per heavy atom. The van der Waals surface area contributed by atoms with Crippen LogP contribution in [0.15, 0.2) is 66.9 Å². The second kappa shape index (κ2) is 6.27. The first-order valence-electron chi connectivity index (χ1n) is 7.14. The van der Waals surface area contributed by atoms with Crippen LogP contribution in [0.25, 0.3) is 10.9 Å². The van der Waals surface area contributed by atoms with Gasteiger partial charge in [0.15, 0.2) is 0 Å². The molecule has 0 saturated carbocycles. The topological polar surface area (TPSA) is 62.3 Å². The van der Waals surface area contributed by atoms with E-state index in [1.165, 1.54) is 4.90 Å². The number of anilines is 2. The van der Waals surface area contributed by atoms with Gasteiger partial charge in [-0.2, -0.15) is 0 Å². The van der Waals surface area contributed by atoms with Crippen molar-refractivity contribution in [3.05, 3.63) is 66.9 Å². The zero-order chi connectivity index (χ0) is 16.2. The molecule has 23 heavy (non-hydrogen) atoms. The Hall–Kier alpha value is -3.21. The summed E-state index contributed by atoms with van der Waals surface area (Å²) in [6.45, 7) is 0. The quantitative estimate of drug-likeness (QED) is 0.741. The first kappa shape index (κ1) is 14.7. The van der Waals surface area contributed by atoms with E-state index in [2.05, 4.69) is 10.3 Å². The average Bonchev–Trinajstić information content (AvgIpc) is 2.61. The van der Waals surface area contributed by atoms with Gasteiger partial charge in [-0.1, -0.05) is 36.4 Å². The molecule has 1 N–H and O–H groups in total. The van der Waals surface area contributed by atoms with Crippen LogP contribution in [-0.4, -0.2) is 23.8 Å². The monoisotopic (exact) mass is 305 g/mol. The van der Waals surface area contributed by atoms with Gasteiger partial charge in [0.1, 0.15) is 0 Å². The molecular weight excluding hydrogens is 290 g/mol. The van der Waals surface area contributed by atoms with Gasteiger partial charge in [0.25, 0.3) is 0 Å². The van der Waals surface area contributed by atoms with Gasteiger partial charge in [-0.05, 0) is 24.3 Å². The van der Waals surface area contributed by atoms with Crippen molar-refractivity contribution < 1.29 is 9.59 Å². The molecule has 1 aromatic heterocycles. The van der Waals surface area contributed by atoms with Crippen LogP contribution in [0.1, 0.15) is 0 Å². The number of nitrogens with one attached hydrogen (secondary N) is 1. The Bertz CT molecular complexity index is 857. The van der Waals surface area contributed by atoms with Crippen LogP contribution in [-0.2, 0) is 9.59 Å². The molecule has 0 spiro atoms. The summed E-state index contributed by atoms with van der Waals surface area (Å²) in [7, 11) is 1.57. The molecule has 0 unspecified atom stereocenters. The van der Waals surface area contributed by atoms with Gasteiger partial charge in [0.05, 0.1) is 11.2 Å². The van der Waals surface area contributed by atoms with E-state index in [9.17, 15) is 9.59 Å². The summed E-state index contributed by atoms with van der Waals surface area (Å²) in [6, 6.07) is 18.2. The maximum Gasteiger partial charge on any atom is 0.316 e. The predicted molar refractivity (Wildman–Crippen MR) is 90.2 cm³/mol. The summed E-state index contributed by atoms with van der Waals surface area (Å²) >= 11 is 0. The Morgan fingerprint density at radius 3 is 2.48 bits per heavy atom. The van der Waals surface area contributed by atoms with Crippen molar-refractivity contribution in [3.8, 4) is 0 Å². The number of amides is 2. The van der Waals surface area contributed by atoms with Crippen LogP contribution in [0.5, 0.6) is 0 Å². The van der Waals surface area contributed by atoms with Crippen molar-refractivity contribution in [2.24, 2.45) is 0 Å². The summed E-state index contributed by atoms with van der Waals surface area (Å²) < 4.78 is 0. The molecule has 0 saturated heterocycles. The normalized spacial score (nSPS) is 10.3. The third-order valence-electron chi connectivity index (χ3n) is 3.52. The van der Waals surface area contributed by atoms with E-state index in [-0.39, 0.29) is 0 Å². The first-order chi connectivity index (χ1) is 11.2. The summed E-state index contributed by atoms with van der Waals surface area (Å²) in [6.07, 6.45) is 1.65. The van der Waals surface area contributed by atoms with Gasteiger partial charge in [-0.3, -0.25) is 14.6 Å². The highest BCUT2D eigenvalue weighted by atomic mass is 16.2. The van der Waals surface area contributed by atoms with Crippen LogP contribution in [0, 0.1) is 0 Å². The fourth-order valence-electron chi connectivity index (χ4n) is 2.30. The Morgan fingerprint density at radius 1 is 0.957 bits per heavy atom. The number of pyridine rings is 1. The molecule has 5 heteroatoms. The van der Waals surface area contributed by atoms with Crippen molar-refractivity contribution in [1.29, 1.82) is 0 Å². The number of carbonyl (C=O) groups is 2. The highest BCUT2D eigenvalue weighted by molar-refractivity contribution is 6.44. The lowest BCUT2D eigenvalue weighted by molar-refractivity contribution is -0.134. The third-order valence-corrected chi connectivity index (χ3v) is 3.52. The fourth-order valence-corrected chi connectivity index (χ4v) is 2.30. The minimum atomic E-state index is -0.700. The number of hydrogen-bond donors (Lipinski definition) is 1. The fraction of sp³-hybridized carbons (Fsp3) is 0.0556. The number of benzene rings is 2. The Balaban J connectivity index is 1.82. The van der Waals surface area contributed by atoms with Crippen molar-refractivity contribution in [3.63, 3.8) is 0 Å². The highest BCUT2D eigenvalue weighted by Crippen LogP contribution is 2.21. The zero-order valence-electron chi connectivity index (χ0n) is 12.6. The largest absolute Gasteiger partial charge is 0.316 e. The smallest absolute Gasteiger partial charge is 0.316 e. The van der Waals surface area contributed by atoms with Crippen molar-refractivity contribution in [2.45, 2.75) is 0 Å². The van der Waals surface area contributed by atoms with Gasteiger partial charge < -0.3 is 10.2 Å². The van der Waals surface area contributed by atoms with E-state index < -0.39 is 11.8 Å². The molecular formula is C18H15N3O2. The van der Waals surface area contributed by atoms with Crippen LogP contribution in [0.3, 0.4) is 0 Å². The molecule has 0 aliphatic carbocycles. The molecule has 0 atom stereocenters. The number of rotatable bonds is 2. The molecule has 1 heterocycles. The van der Waals surface area contributed by atoms with Gasteiger partial charge in [-0.15, -0.1) is 0 Å². The number of carbonyl (C=O) groups excluding carboxylic acids is 2. The number of likely N-dealkylation sites (N-methyl/N-ethyl adjacent to an activating group) is 1. The average molecular weight is 305 g/mol. The van der Waals surface area contributed by atoms with E-state index in [1.54, 1.807) is 31.4 Å². The van der Waals surface area contributed by atoms with Crippen molar-refractivity contribution in [1.82, 2.24) is 4.98 Å². The molecule has 5 nitrogen and oxygen atoms in total. The van der Waals surface area contributed by atoms with E-state index in [1.807, 2.05) is 42.5 Å². The number of para-hydroxylation sites is 2. The van der Waals surface area contributed by atoms with Crippen LogP contribution in [0.2, 0.25) is 0 Å². The molecule has 0 aliphatic rings. The minimum absolute atomic E-state index is 0.517. The lowest BCUT2D eigenvalue weighted by Gasteiger charge is -2.16. The summed E-state index contributed by atoms with van der Waals surface area (Å²) in [4.78, 5) is 30.1. The summed E-state index contributed by atoms with van der Waals surface area (Å²) in [5, 5.41) is 3.54. The second-order valence-corrected chi connectivity index (χ2v) is 5.03. The van der Waals surface area contributed by atoms with E-state index in [0.29, 0.717) is 16.9 Å². The molecule has 3 rings (SSSR count). The number of fused-ring (bicyclic) bond motifs is 1. The lowest BCUT2D eigenvalue weighted by Crippen LogP contribution is -2.37. The van der Waals surface area contributed by atoms with E-state index in [4.69, 9.17) is 0 Å². The van der Waals surface area contributed by atoms with Gasteiger partial charge in [0, 0.05) is 24.3 Å². The van der Waals surface area contributed by atoms with Crippen LogP contribution in [0.4, 0.5) is 11.4 Å². The minimum Gasteiger partial charge on any atom is -0.316 e. The van der Waals surface area contributed by atoms with E-state index in [0.717, 1.165) is 5.39 Å². The SMILES string of the molecule is CN(C(=O)C(=O)Nc1cccc2cccnc12)c1ccccc1. The second-order valence-electron chi connectivity index (χ2n) is 5.03. The number of aromatic nitrogens is 1. The molecule has 0 radical (unpaired) electrons. The summed E-state index contributed by atoms with van der Waals surface area (Å²) in [5.41, 5.74) is 1.82. The van der Waals surface area contributed by atoms with Crippen LogP contribution >= 0.6 is 0 Å². The van der Waals surface area contributed by atoms with Crippen molar-refractivity contribution in [2.75, 3.05) is 17.3 Å². The Labute approximate surface area is 133 Å². The van der Waals surface area contributed by atoms with Gasteiger partial charge in [-0.25, -0.2) is 0 Å². The predicted octanol–water partition coefficient (Wildman–Crippen LogP) is 2.84. The Kier molecular flexibility index (Phi) is 4.01. The number of nitrogens with zero attached hydrogens (tertiary/aromatic N) is 2. The van der Waals surface area contributed by atoms with Gasteiger partial charge >= 0.3 is 11.8 Å². The third kappa shape index (κ3) is 3.03. The zero-order valence-corrected chi connectivity index (χ0v) is 12.6. The molecule has 0 aliphatic heterocycles. The maximum atomic E-state index is 12.3. The lowest BCUT2D eigenvalue weighted by atomic mass is 10.2.